The van der Waals surface area contributed by atoms with Gasteiger partial charge in [0, 0.05) is 5.92 Å². The Hall–Kier alpha value is 0.110. The summed E-state index contributed by atoms with van der Waals surface area (Å²) in [6.45, 7) is 7.15. The summed E-state index contributed by atoms with van der Waals surface area (Å²) in [5, 5.41) is 11.4. The van der Waals surface area contributed by atoms with E-state index in [9.17, 15) is 9.90 Å². The standard InChI is InChI=1S/C23H37BrO2/c1-4-23(26)12-11-21(2)15(13-23)5-6-16-17-7-8-19(20(25)14-24)22(17,3)10-9-18(16)21/h15-19,26H,4-14H2,1-3H3/t15?,16?,17?,18?,19-,21+,22+,23-/m1/s1. The van der Waals surface area contributed by atoms with Gasteiger partial charge in [-0.3, -0.25) is 4.79 Å². The minimum absolute atomic E-state index is 0.244. The first-order chi connectivity index (χ1) is 12.3. The Bertz CT molecular complexity index is 577. The summed E-state index contributed by atoms with van der Waals surface area (Å²) < 4.78 is 0. The molecule has 0 aromatic rings. The Labute approximate surface area is 168 Å². The average molecular weight is 425 g/mol. The van der Waals surface area contributed by atoms with Crippen LogP contribution in [0.3, 0.4) is 0 Å². The van der Waals surface area contributed by atoms with Gasteiger partial charge >= 0.3 is 0 Å². The molecule has 4 aliphatic carbocycles. The van der Waals surface area contributed by atoms with Crippen LogP contribution in [0, 0.1) is 40.4 Å². The van der Waals surface area contributed by atoms with Gasteiger partial charge in [-0.1, -0.05) is 36.7 Å². The van der Waals surface area contributed by atoms with Crippen molar-refractivity contribution in [1.82, 2.24) is 0 Å². The van der Waals surface area contributed by atoms with Gasteiger partial charge in [0.05, 0.1) is 10.9 Å². The third kappa shape index (κ3) is 2.70. The molecule has 0 aliphatic heterocycles. The van der Waals surface area contributed by atoms with E-state index in [4.69, 9.17) is 0 Å². The molecule has 2 nitrogen and oxygen atoms in total. The van der Waals surface area contributed by atoms with E-state index in [1.165, 1.54) is 38.5 Å². The molecule has 0 spiro atoms. The molecule has 148 valence electrons. The lowest BCUT2D eigenvalue weighted by atomic mass is 9.43. The molecule has 0 bridgehead atoms. The highest BCUT2D eigenvalue weighted by molar-refractivity contribution is 9.09. The number of carbonyl (C=O) groups is 1. The van der Waals surface area contributed by atoms with Crippen molar-refractivity contribution in [3.63, 3.8) is 0 Å². The highest BCUT2D eigenvalue weighted by Gasteiger charge is 2.61. The summed E-state index contributed by atoms with van der Waals surface area (Å²) in [5.74, 6) is 3.82. The molecular weight excluding hydrogens is 388 g/mol. The molecular formula is C23H37BrO2. The van der Waals surface area contributed by atoms with E-state index in [2.05, 4.69) is 36.7 Å². The zero-order valence-corrected chi connectivity index (χ0v) is 18.5. The van der Waals surface area contributed by atoms with Crippen LogP contribution in [-0.2, 0) is 4.79 Å². The Kier molecular flexibility index (Phi) is 4.91. The van der Waals surface area contributed by atoms with E-state index >= 15 is 0 Å². The number of hydrogen-bond acceptors (Lipinski definition) is 2. The molecule has 1 N–H and O–H groups in total. The molecule has 4 rings (SSSR count). The lowest BCUT2D eigenvalue weighted by Crippen LogP contribution is -2.56. The Morgan fingerprint density at radius 2 is 1.73 bits per heavy atom. The zero-order chi connectivity index (χ0) is 18.7. The Morgan fingerprint density at radius 3 is 2.42 bits per heavy atom. The van der Waals surface area contributed by atoms with Crippen molar-refractivity contribution in [3.05, 3.63) is 0 Å². The first-order valence-corrected chi connectivity index (χ1v) is 12.2. The summed E-state index contributed by atoms with van der Waals surface area (Å²) in [4.78, 5) is 12.6. The maximum atomic E-state index is 12.6. The lowest BCUT2D eigenvalue weighted by Gasteiger charge is -2.62. The van der Waals surface area contributed by atoms with E-state index in [-0.39, 0.29) is 11.3 Å². The molecule has 26 heavy (non-hydrogen) atoms. The van der Waals surface area contributed by atoms with Crippen molar-refractivity contribution >= 4 is 21.7 Å². The predicted octanol–water partition coefficient (Wildman–Crippen LogP) is 5.75. The smallest absolute Gasteiger partial charge is 0.147 e. The van der Waals surface area contributed by atoms with Gasteiger partial charge in [0.2, 0.25) is 0 Å². The number of aliphatic hydroxyl groups is 1. The molecule has 3 heteroatoms. The average Bonchev–Trinajstić information content (AvgIpc) is 2.99. The molecule has 0 radical (unpaired) electrons. The molecule has 0 amide bonds. The molecule has 4 fully saturated rings. The molecule has 8 atom stereocenters. The second-order valence-corrected chi connectivity index (χ2v) is 11.3. The highest BCUT2D eigenvalue weighted by Crippen LogP contribution is 2.68. The van der Waals surface area contributed by atoms with Crippen molar-refractivity contribution in [1.29, 1.82) is 0 Å². The highest BCUT2D eigenvalue weighted by atomic mass is 79.9. The van der Waals surface area contributed by atoms with Crippen molar-refractivity contribution in [2.24, 2.45) is 40.4 Å². The van der Waals surface area contributed by atoms with Crippen LogP contribution in [0.2, 0.25) is 0 Å². The van der Waals surface area contributed by atoms with Gasteiger partial charge in [0.25, 0.3) is 0 Å². The van der Waals surface area contributed by atoms with Crippen LogP contribution in [0.1, 0.15) is 85.0 Å². The monoisotopic (exact) mass is 424 g/mol. The predicted molar refractivity (Wildman–Crippen MR) is 109 cm³/mol. The number of hydrogen-bond donors (Lipinski definition) is 1. The van der Waals surface area contributed by atoms with E-state index in [0.717, 1.165) is 43.4 Å². The first kappa shape index (κ1) is 19.4. The molecule has 0 aromatic heterocycles. The van der Waals surface area contributed by atoms with Crippen LogP contribution in [0.25, 0.3) is 0 Å². The lowest BCUT2D eigenvalue weighted by molar-refractivity contribution is -0.154. The molecule has 4 unspecified atom stereocenters. The van der Waals surface area contributed by atoms with Gasteiger partial charge in [0.15, 0.2) is 0 Å². The largest absolute Gasteiger partial charge is 0.390 e. The second kappa shape index (κ2) is 6.58. The molecule has 0 saturated heterocycles. The number of carbonyl (C=O) groups excluding carboxylic acids is 1. The van der Waals surface area contributed by atoms with Crippen molar-refractivity contribution < 1.29 is 9.90 Å². The van der Waals surface area contributed by atoms with Crippen LogP contribution < -0.4 is 0 Å². The normalized spacial score (nSPS) is 53.5. The summed E-state index contributed by atoms with van der Waals surface area (Å²) in [6.07, 6.45) is 11.7. The minimum atomic E-state index is -0.402. The number of halogens is 1. The van der Waals surface area contributed by atoms with E-state index in [1.54, 1.807) is 0 Å². The van der Waals surface area contributed by atoms with Crippen LogP contribution in [0.5, 0.6) is 0 Å². The molecule has 4 saturated carbocycles. The zero-order valence-electron chi connectivity index (χ0n) is 16.9. The third-order valence-corrected chi connectivity index (χ3v) is 10.6. The number of Topliss-reactive ketones (excluding diaryl/α,β-unsaturated/α-hetero) is 1. The summed E-state index contributed by atoms with van der Waals surface area (Å²) in [5.41, 5.74) is 0.262. The second-order valence-electron chi connectivity index (χ2n) is 10.7. The van der Waals surface area contributed by atoms with Crippen LogP contribution in [0.15, 0.2) is 0 Å². The summed E-state index contributed by atoms with van der Waals surface area (Å²) in [6, 6.07) is 0. The number of alkyl halides is 1. The molecule has 0 heterocycles. The number of fused-ring (bicyclic) bond motifs is 5. The minimum Gasteiger partial charge on any atom is -0.390 e. The number of rotatable bonds is 3. The fraction of sp³-hybridized carbons (Fsp3) is 0.957. The van der Waals surface area contributed by atoms with Gasteiger partial charge in [0.1, 0.15) is 5.78 Å². The molecule has 0 aromatic carbocycles. The molecule has 4 aliphatic rings. The number of ketones is 1. The van der Waals surface area contributed by atoms with Crippen molar-refractivity contribution in [3.8, 4) is 0 Å². The first-order valence-electron chi connectivity index (χ1n) is 11.1. The van der Waals surface area contributed by atoms with E-state index in [1.807, 2.05) is 0 Å². The Balaban J connectivity index is 1.58. The fourth-order valence-electron chi connectivity index (χ4n) is 8.27. The van der Waals surface area contributed by atoms with Gasteiger partial charge in [-0.15, -0.1) is 0 Å². The van der Waals surface area contributed by atoms with E-state index < -0.39 is 5.60 Å². The van der Waals surface area contributed by atoms with Gasteiger partial charge in [-0.05, 0) is 98.7 Å². The SMILES string of the molecule is CC[C@@]1(O)CC[C@@]2(C)C(CCC3C2CC[C@@]2(C)C3CC[C@@H]2C(=O)CBr)C1. The maximum absolute atomic E-state index is 12.6. The Morgan fingerprint density at radius 1 is 1.00 bits per heavy atom. The van der Waals surface area contributed by atoms with E-state index in [0.29, 0.717) is 22.4 Å². The van der Waals surface area contributed by atoms with Crippen LogP contribution in [0.4, 0.5) is 0 Å². The van der Waals surface area contributed by atoms with Crippen molar-refractivity contribution in [2.75, 3.05) is 5.33 Å². The van der Waals surface area contributed by atoms with Crippen molar-refractivity contribution in [2.45, 2.75) is 90.6 Å². The fourth-order valence-corrected chi connectivity index (χ4v) is 8.66. The van der Waals surface area contributed by atoms with Crippen LogP contribution >= 0.6 is 15.9 Å². The van der Waals surface area contributed by atoms with Gasteiger partial charge < -0.3 is 5.11 Å². The van der Waals surface area contributed by atoms with Gasteiger partial charge in [-0.25, -0.2) is 0 Å². The summed E-state index contributed by atoms with van der Waals surface area (Å²) >= 11 is 3.43. The third-order valence-electron chi connectivity index (χ3n) is 10.00. The topological polar surface area (TPSA) is 37.3 Å². The van der Waals surface area contributed by atoms with Gasteiger partial charge in [-0.2, -0.15) is 0 Å². The quantitative estimate of drug-likeness (QED) is 0.585. The summed E-state index contributed by atoms with van der Waals surface area (Å²) in [7, 11) is 0. The van der Waals surface area contributed by atoms with Crippen LogP contribution in [-0.4, -0.2) is 21.8 Å². The maximum Gasteiger partial charge on any atom is 0.147 e.